The molecular formula is C15H21N5O3. The average Bonchev–Trinajstić information content (AvgIpc) is 2.78. The van der Waals surface area contributed by atoms with E-state index >= 15 is 0 Å². The molecule has 124 valence electrons. The third kappa shape index (κ3) is 4.67. The molecule has 0 unspecified atom stereocenters. The van der Waals surface area contributed by atoms with Crippen LogP contribution in [-0.2, 0) is 17.9 Å². The van der Waals surface area contributed by atoms with Crippen LogP contribution in [0, 0.1) is 19.8 Å². The quantitative estimate of drug-likeness (QED) is 0.770. The van der Waals surface area contributed by atoms with Crippen molar-refractivity contribution in [2.24, 2.45) is 5.92 Å². The van der Waals surface area contributed by atoms with E-state index in [1.54, 1.807) is 0 Å². The smallest absolute Gasteiger partial charge is 0.328 e. The van der Waals surface area contributed by atoms with Crippen LogP contribution in [0.1, 0.15) is 18.3 Å². The summed E-state index contributed by atoms with van der Waals surface area (Å²) in [4.78, 5) is 36.5. The minimum Gasteiger partial charge on any atom is -0.354 e. The fourth-order valence-corrected chi connectivity index (χ4v) is 2.29. The van der Waals surface area contributed by atoms with E-state index in [1.807, 2.05) is 31.5 Å². The van der Waals surface area contributed by atoms with Crippen molar-refractivity contribution >= 4 is 5.91 Å². The topological polar surface area (TPSA) is 102 Å². The third-order valence-electron chi connectivity index (χ3n) is 3.45. The summed E-state index contributed by atoms with van der Waals surface area (Å²) >= 11 is 0. The van der Waals surface area contributed by atoms with Crippen molar-refractivity contribution in [3.63, 3.8) is 0 Å². The Morgan fingerprint density at radius 1 is 1.39 bits per heavy atom. The Kier molecular flexibility index (Phi) is 5.15. The zero-order chi connectivity index (χ0) is 17.0. The zero-order valence-corrected chi connectivity index (χ0v) is 13.5. The average molecular weight is 319 g/mol. The van der Waals surface area contributed by atoms with E-state index in [0.29, 0.717) is 13.1 Å². The van der Waals surface area contributed by atoms with Crippen molar-refractivity contribution in [2.45, 2.75) is 33.9 Å². The predicted octanol–water partition coefficient (Wildman–Crippen LogP) is -0.198. The number of carbonyl (C=O) groups is 1. The Morgan fingerprint density at radius 2 is 2.13 bits per heavy atom. The first-order valence-electron chi connectivity index (χ1n) is 7.42. The molecule has 2 heterocycles. The van der Waals surface area contributed by atoms with Crippen molar-refractivity contribution in [1.29, 1.82) is 0 Å². The molecule has 0 aliphatic carbocycles. The molecule has 2 aromatic heterocycles. The normalized spacial score (nSPS) is 12.1. The lowest BCUT2D eigenvalue weighted by Gasteiger charge is -2.14. The van der Waals surface area contributed by atoms with Crippen molar-refractivity contribution < 1.29 is 4.79 Å². The SMILES string of the molecule is Cc1cc(C)n(C[C@H](C)CNC(=O)Cn2ccc(=O)[nH]c2=O)n1. The number of H-pyrrole nitrogens is 1. The minimum absolute atomic E-state index is 0.123. The summed E-state index contributed by atoms with van der Waals surface area (Å²) in [6, 6.07) is 3.22. The Labute approximate surface area is 133 Å². The van der Waals surface area contributed by atoms with Crippen LogP contribution < -0.4 is 16.6 Å². The zero-order valence-electron chi connectivity index (χ0n) is 13.5. The molecule has 2 aromatic rings. The van der Waals surface area contributed by atoms with Gasteiger partial charge in [-0.2, -0.15) is 5.10 Å². The molecule has 0 radical (unpaired) electrons. The second-order valence-electron chi connectivity index (χ2n) is 5.76. The molecule has 0 aromatic carbocycles. The van der Waals surface area contributed by atoms with Crippen LogP contribution in [0.5, 0.6) is 0 Å². The highest BCUT2D eigenvalue weighted by Crippen LogP contribution is 2.05. The van der Waals surface area contributed by atoms with Crippen LogP contribution in [0.15, 0.2) is 27.9 Å². The van der Waals surface area contributed by atoms with E-state index in [-0.39, 0.29) is 18.4 Å². The van der Waals surface area contributed by atoms with Gasteiger partial charge in [-0.05, 0) is 25.8 Å². The van der Waals surface area contributed by atoms with Gasteiger partial charge >= 0.3 is 5.69 Å². The van der Waals surface area contributed by atoms with Crippen LogP contribution in [0.4, 0.5) is 0 Å². The molecule has 0 fully saturated rings. The Balaban J connectivity index is 1.85. The van der Waals surface area contributed by atoms with Crippen LogP contribution in [0.25, 0.3) is 0 Å². The molecule has 1 atom stereocenters. The van der Waals surface area contributed by atoms with Gasteiger partial charge in [0, 0.05) is 31.0 Å². The predicted molar refractivity (Wildman–Crippen MR) is 85.2 cm³/mol. The number of hydrogen-bond acceptors (Lipinski definition) is 4. The number of aromatic amines is 1. The van der Waals surface area contributed by atoms with Gasteiger partial charge < -0.3 is 5.32 Å². The van der Waals surface area contributed by atoms with E-state index in [4.69, 9.17) is 0 Å². The van der Waals surface area contributed by atoms with Crippen LogP contribution in [-0.4, -0.2) is 31.8 Å². The maximum absolute atomic E-state index is 11.9. The van der Waals surface area contributed by atoms with Crippen molar-refractivity contribution in [2.75, 3.05) is 6.54 Å². The second kappa shape index (κ2) is 7.08. The first-order valence-corrected chi connectivity index (χ1v) is 7.42. The summed E-state index contributed by atoms with van der Waals surface area (Å²) in [6.07, 6.45) is 1.31. The third-order valence-corrected chi connectivity index (χ3v) is 3.45. The molecular weight excluding hydrogens is 298 g/mol. The van der Waals surface area contributed by atoms with Crippen LogP contribution >= 0.6 is 0 Å². The number of carbonyl (C=O) groups excluding carboxylic acids is 1. The van der Waals surface area contributed by atoms with Gasteiger partial charge in [-0.1, -0.05) is 6.92 Å². The number of hydrogen-bond donors (Lipinski definition) is 2. The molecule has 2 rings (SSSR count). The fraction of sp³-hybridized carbons (Fsp3) is 0.467. The molecule has 8 nitrogen and oxygen atoms in total. The van der Waals surface area contributed by atoms with Crippen molar-refractivity contribution in [3.8, 4) is 0 Å². The lowest BCUT2D eigenvalue weighted by Crippen LogP contribution is -2.37. The lowest BCUT2D eigenvalue weighted by molar-refractivity contribution is -0.121. The van der Waals surface area contributed by atoms with E-state index in [9.17, 15) is 14.4 Å². The van der Waals surface area contributed by atoms with E-state index in [2.05, 4.69) is 15.4 Å². The molecule has 0 spiro atoms. The standard InChI is InChI=1S/C15H21N5O3/c1-10(8-20-12(3)6-11(2)18-20)7-16-14(22)9-19-5-4-13(21)17-15(19)23/h4-6,10H,7-9H2,1-3H3,(H,16,22)(H,17,21,23)/t10-/m1/s1. The summed E-state index contributed by atoms with van der Waals surface area (Å²) < 4.78 is 3.07. The van der Waals surface area contributed by atoms with Gasteiger partial charge in [0.2, 0.25) is 5.91 Å². The lowest BCUT2D eigenvalue weighted by atomic mass is 10.2. The van der Waals surface area contributed by atoms with Gasteiger partial charge in [0.15, 0.2) is 0 Å². The molecule has 23 heavy (non-hydrogen) atoms. The molecule has 0 aliphatic rings. The largest absolute Gasteiger partial charge is 0.354 e. The van der Waals surface area contributed by atoms with E-state index in [0.717, 1.165) is 16.0 Å². The fourth-order valence-electron chi connectivity index (χ4n) is 2.29. The number of aromatic nitrogens is 4. The monoisotopic (exact) mass is 319 g/mol. The maximum atomic E-state index is 11.9. The van der Waals surface area contributed by atoms with Gasteiger partial charge in [0.25, 0.3) is 5.56 Å². The molecule has 0 saturated carbocycles. The molecule has 0 bridgehead atoms. The number of nitrogens with one attached hydrogen (secondary N) is 2. The Bertz CT molecular complexity index is 802. The molecule has 8 heteroatoms. The minimum atomic E-state index is -0.594. The summed E-state index contributed by atoms with van der Waals surface area (Å²) in [5, 5.41) is 7.18. The van der Waals surface area contributed by atoms with Gasteiger partial charge in [-0.25, -0.2) is 4.79 Å². The maximum Gasteiger partial charge on any atom is 0.328 e. The van der Waals surface area contributed by atoms with E-state index in [1.165, 1.54) is 12.3 Å². The molecule has 1 amide bonds. The highest BCUT2D eigenvalue weighted by molar-refractivity contribution is 5.75. The van der Waals surface area contributed by atoms with Crippen molar-refractivity contribution in [3.05, 3.63) is 50.6 Å². The first kappa shape index (κ1) is 16.7. The first-order chi connectivity index (χ1) is 10.8. The second-order valence-corrected chi connectivity index (χ2v) is 5.76. The summed E-state index contributed by atoms with van der Waals surface area (Å²) in [5.74, 6) is -0.0800. The van der Waals surface area contributed by atoms with Gasteiger partial charge in [0.1, 0.15) is 6.54 Å². The van der Waals surface area contributed by atoms with Gasteiger partial charge in [-0.3, -0.25) is 23.8 Å². The van der Waals surface area contributed by atoms with Gasteiger partial charge in [-0.15, -0.1) is 0 Å². The summed E-state index contributed by atoms with van der Waals surface area (Å²) in [5.41, 5.74) is 0.977. The number of amides is 1. The molecule has 0 saturated heterocycles. The highest BCUT2D eigenvalue weighted by Gasteiger charge is 2.10. The van der Waals surface area contributed by atoms with E-state index < -0.39 is 11.2 Å². The van der Waals surface area contributed by atoms with Crippen LogP contribution in [0.3, 0.4) is 0 Å². The van der Waals surface area contributed by atoms with Gasteiger partial charge in [0.05, 0.1) is 5.69 Å². The number of nitrogens with zero attached hydrogens (tertiary/aromatic N) is 3. The summed E-state index contributed by atoms with van der Waals surface area (Å²) in [7, 11) is 0. The molecule has 0 aliphatic heterocycles. The number of rotatable bonds is 6. The van der Waals surface area contributed by atoms with Crippen LogP contribution in [0.2, 0.25) is 0 Å². The Morgan fingerprint density at radius 3 is 2.74 bits per heavy atom. The Hall–Kier alpha value is -2.64. The number of aryl methyl sites for hydroxylation is 2. The highest BCUT2D eigenvalue weighted by atomic mass is 16.2. The summed E-state index contributed by atoms with van der Waals surface area (Å²) in [6.45, 7) is 7.02. The van der Waals surface area contributed by atoms with Crippen molar-refractivity contribution in [1.82, 2.24) is 24.6 Å². The molecule has 2 N–H and O–H groups in total.